The minimum atomic E-state index is -0.147. The molecule has 4 heteroatoms. The van der Waals surface area contributed by atoms with Gasteiger partial charge in [0.15, 0.2) is 0 Å². The Labute approximate surface area is 131 Å². The maximum Gasteiger partial charge on any atom is 0.255 e. The van der Waals surface area contributed by atoms with Gasteiger partial charge in [-0.3, -0.25) is 4.79 Å². The van der Waals surface area contributed by atoms with Gasteiger partial charge >= 0.3 is 0 Å². The Morgan fingerprint density at radius 1 is 1.14 bits per heavy atom. The van der Waals surface area contributed by atoms with Crippen LogP contribution < -0.4 is 10.2 Å². The lowest BCUT2D eigenvalue weighted by molar-refractivity contribution is 0.102. The Morgan fingerprint density at radius 3 is 2.73 bits per heavy atom. The normalized spacial score (nSPS) is 14.7. The van der Waals surface area contributed by atoms with E-state index in [0.717, 1.165) is 18.9 Å². The highest BCUT2D eigenvalue weighted by atomic mass is 16.1. The Hall–Kier alpha value is -2.36. The molecule has 1 saturated heterocycles. The van der Waals surface area contributed by atoms with E-state index < -0.39 is 0 Å². The summed E-state index contributed by atoms with van der Waals surface area (Å²) in [6.07, 6.45) is 5.33. The molecule has 1 amide bonds. The van der Waals surface area contributed by atoms with Crippen molar-refractivity contribution in [3.8, 4) is 0 Å². The van der Waals surface area contributed by atoms with Gasteiger partial charge in [0.25, 0.3) is 5.91 Å². The summed E-state index contributed by atoms with van der Waals surface area (Å²) in [5.74, 6) is 0.728. The molecule has 3 rings (SSSR count). The first-order valence-corrected chi connectivity index (χ1v) is 7.60. The molecule has 1 aliphatic rings. The number of aromatic nitrogens is 1. The highest BCUT2D eigenvalue weighted by Gasteiger charge is 2.14. The Balaban J connectivity index is 1.75. The first-order chi connectivity index (χ1) is 10.7. The first kappa shape index (κ1) is 14.6. The predicted molar refractivity (Wildman–Crippen MR) is 88.1 cm³/mol. The Kier molecular flexibility index (Phi) is 4.37. The molecule has 0 saturated carbocycles. The summed E-state index contributed by atoms with van der Waals surface area (Å²) in [6, 6.07) is 10.8. The summed E-state index contributed by atoms with van der Waals surface area (Å²) in [5, 5.41) is 2.86. The van der Waals surface area contributed by atoms with Crippen molar-refractivity contribution < 1.29 is 4.79 Å². The van der Waals surface area contributed by atoms with Gasteiger partial charge in [-0.25, -0.2) is 4.98 Å². The van der Waals surface area contributed by atoms with Crippen molar-refractivity contribution in [3.63, 3.8) is 0 Å². The van der Waals surface area contributed by atoms with E-state index in [9.17, 15) is 4.79 Å². The summed E-state index contributed by atoms with van der Waals surface area (Å²) in [7, 11) is 0. The molecule has 0 bridgehead atoms. The van der Waals surface area contributed by atoms with E-state index in [2.05, 4.69) is 15.2 Å². The molecule has 22 heavy (non-hydrogen) atoms. The van der Waals surface area contributed by atoms with Crippen LogP contribution in [0.4, 0.5) is 11.5 Å². The number of anilines is 2. The average molecular weight is 293 g/mol. The molecular formula is C18H19N3O. The van der Waals surface area contributed by atoms with Crippen LogP contribution in [0.5, 0.6) is 0 Å². The Morgan fingerprint density at radius 2 is 1.95 bits per heavy atom. The number of pyridine rings is 1. The van der Waals surface area contributed by atoms with Crippen LogP contribution >= 0.6 is 0 Å². The number of amides is 1. The van der Waals surface area contributed by atoms with Crippen molar-refractivity contribution in [2.24, 2.45) is 0 Å². The molecule has 112 valence electrons. The second kappa shape index (κ2) is 6.60. The fraction of sp³-hybridized carbons (Fsp3) is 0.278. The van der Waals surface area contributed by atoms with Crippen LogP contribution in [0.25, 0.3) is 0 Å². The van der Waals surface area contributed by atoms with E-state index in [4.69, 9.17) is 6.92 Å². The van der Waals surface area contributed by atoms with E-state index in [1.807, 2.05) is 18.2 Å². The van der Waals surface area contributed by atoms with Gasteiger partial charge < -0.3 is 10.2 Å². The lowest BCUT2D eigenvalue weighted by Crippen LogP contribution is -2.30. The minimum Gasteiger partial charge on any atom is -0.357 e. The highest BCUT2D eigenvalue weighted by Crippen LogP contribution is 2.19. The summed E-state index contributed by atoms with van der Waals surface area (Å²) < 4.78 is 0. The van der Waals surface area contributed by atoms with Crippen LogP contribution in [-0.4, -0.2) is 24.0 Å². The van der Waals surface area contributed by atoms with E-state index in [1.54, 1.807) is 24.4 Å². The summed E-state index contributed by atoms with van der Waals surface area (Å²) in [5.41, 5.74) is 1.93. The van der Waals surface area contributed by atoms with E-state index in [-0.39, 0.29) is 5.91 Å². The van der Waals surface area contributed by atoms with E-state index in [1.165, 1.54) is 19.3 Å². The summed E-state index contributed by atoms with van der Waals surface area (Å²) in [4.78, 5) is 19.0. The largest absolute Gasteiger partial charge is 0.357 e. The van der Waals surface area contributed by atoms with Crippen LogP contribution in [0.15, 0.2) is 42.6 Å². The molecule has 1 N–H and O–H groups in total. The van der Waals surface area contributed by atoms with Crippen LogP contribution in [0.2, 0.25) is 0 Å². The molecule has 2 aromatic rings. The number of nitrogens with zero attached hydrogens (tertiary/aromatic N) is 2. The molecule has 1 fully saturated rings. The van der Waals surface area contributed by atoms with Crippen molar-refractivity contribution in [1.29, 1.82) is 0 Å². The van der Waals surface area contributed by atoms with Gasteiger partial charge in [0, 0.05) is 30.5 Å². The van der Waals surface area contributed by atoms with Crippen LogP contribution in [0.1, 0.15) is 35.2 Å². The van der Waals surface area contributed by atoms with Crippen molar-refractivity contribution in [2.45, 2.75) is 19.3 Å². The number of nitrogens with one attached hydrogen (secondary N) is 1. The van der Waals surface area contributed by atoms with Gasteiger partial charge in [-0.1, -0.05) is 12.1 Å². The van der Waals surface area contributed by atoms with Gasteiger partial charge in [0.2, 0.25) is 0 Å². The molecule has 0 spiro atoms. The molecule has 0 unspecified atom stereocenters. The number of hydrogen-bond acceptors (Lipinski definition) is 3. The molecule has 0 atom stereocenters. The zero-order valence-electron chi connectivity index (χ0n) is 12.5. The molecule has 1 aromatic carbocycles. The summed E-state index contributed by atoms with van der Waals surface area (Å²) in [6.45, 7) is 7.74. The maximum absolute atomic E-state index is 12.4. The molecule has 1 aromatic heterocycles. The Bertz CT molecular complexity index is 663. The maximum atomic E-state index is 12.4. The predicted octanol–water partition coefficient (Wildman–Crippen LogP) is 3.38. The third kappa shape index (κ3) is 3.45. The molecule has 2 heterocycles. The second-order valence-electron chi connectivity index (χ2n) is 5.53. The van der Waals surface area contributed by atoms with Crippen LogP contribution in [0.3, 0.4) is 0 Å². The van der Waals surface area contributed by atoms with Gasteiger partial charge in [-0.2, -0.15) is 0 Å². The first-order valence-electron chi connectivity index (χ1n) is 7.60. The third-order valence-corrected chi connectivity index (χ3v) is 3.83. The molecule has 0 aliphatic carbocycles. The number of benzene rings is 1. The topological polar surface area (TPSA) is 45.2 Å². The molecule has 1 aliphatic heterocycles. The van der Waals surface area contributed by atoms with Crippen molar-refractivity contribution >= 4 is 17.4 Å². The van der Waals surface area contributed by atoms with Gasteiger partial charge in [-0.15, -0.1) is 0 Å². The minimum absolute atomic E-state index is 0.147. The molecule has 2 radical (unpaired) electrons. The summed E-state index contributed by atoms with van der Waals surface area (Å²) >= 11 is 0. The zero-order chi connectivity index (χ0) is 15.4. The number of rotatable bonds is 3. The molecular weight excluding hydrogens is 274 g/mol. The second-order valence-corrected chi connectivity index (χ2v) is 5.53. The lowest BCUT2D eigenvalue weighted by Gasteiger charge is -2.27. The molecule has 4 nitrogen and oxygen atoms in total. The van der Waals surface area contributed by atoms with Crippen molar-refractivity contribution in [1.82, 2.24) is 4.98 Å². The van der Waals surface area contributed by atoms with Gasteiger partial charge in [0.05, 0.1) is 0 Å². The fourth-order valence-electron chi connectivity index (χ4n) is 2.68. The number of piperidine rings is 1. The lowest BCUT2D eigenvalue weighted by atomic mass is 10.1. The highest BCUT2D eigenvalue weighted by molar-refractivity contribution is 6.04. The average Bonchev–Trinajstić information content (AvgIpc) is 2.56. The van der Waals surface area contributed by atoms with Crippen LogP contribution in [0, 0.1) is 6.92 Å². The monoisotopic (exact) mass is 293 g/mol. The third-order valence-electron chi connectivity index (χ3n) is 3.83. The van der Waals surface area contributed by atoms with Crippen LogP contribution in [-0.2, 0) is 0 Å². The van der Waals surface area contributed by atoms with Gasteiger partial charge in [-0.05, 0) is 56.0 Å². The number of carbonyl (C=O) groups is 1. The van der Waals surface area contributed by atoms with E-state index >= 15 is 0 Å². The van der Waals surface area contributed by atoms with Crippen molar-refractivity contribution in [3.05, 3.63) is 60.6 Å². The zero-order valence-corrected chi connectivity index (χ0v) is 12.5. The fourth-order valence-corrected chi connectivity index (χ4v) is 2.68. The smallest absolute Gasteiger partial charge is 0.255 e. The van der Waals surface area contributed by atoms with Gasteiger partial charge in [0.1, 0.15) is 5.82 Å². The van der Waals surface area contributed by atoms with Crippen molar-refractivity contribution in [2.75, 3.05) is 23.3 Å². The SMILES string of the molecule is [CH]c1cccc(NC(=O)c2ccnc(N3CCCCC3)c2)c1. The number of carbonyl (C=O) groups excluding carboxylic acids is 1. The van der Waals surface area contributed by atoms with E-state index in [0.29, 0.717) is 16.8 Å². The standard InChI is InChI=1S/C18H19N3O/c1-14-6-5-7-16(12-14)20-18(22)15-8-9-19-17(13-15)21-10-3-2-4-11-21/h1,5-9,12-13H,2-4,10-11H2,(H,20,22). The number of hydrogen-bond donors (Lipinski definition) is 1. The quantitative estimate of drug-likeness (QED) is 0.943.